The van der Waals surface area contributed by atoms with Crippen molar-refractivity contribution in [3.8, 4) is 11.4 Å². The molecule has 1 aliphatic heterocycles. The molecule has 190 valence electrons. The lowest BCUT2D eigenvalue weighted by molar-refractivity contribution is -0.0803. The number of amides is 2. The summed E-state index contributed by atoms with van der Waals surface area (Å²) in [4.78, 5) is 38.6. The van der Waals surface area contributed by atoms with Crippen LogP contribution in [-0.4, -0.2) is 84.1 Å². The average molecular weight is 526 g/mol. The summed E-state index contributed by atoms with van der Waals surface area (Å²) in [7, 11) is -1.90. The summed E-state index contributed by atoms with van der Waals surface area (Å²) >= 11 is 6.29. The first-order valence-corrected chi connectivity index (χ1v) is 13.2. The molecule has 2 atom stereocenters. The van der Waals surface area contributed by atoms with Gasteiger partial charge in [0.1, 0.15) is 38.7 Å². The Morgan fingerprint density at radius 3 is 2.54 bits per heavy atom. The van der Waals surface area contributed by atoms with Gasteiger partial charge in [-0.3, -0.25) is 4.79 Å². The number of hydrogen-bond donors (Lipinski definition) is 1. The highest BCUT2D eigenvalue weighted by Gasteiger charge is 2.35. The molecule has 0 saturated carbocycles. The lowest BCUT2D eigenvalue weighted by Gasteiger charge is -2.38. The van der Waals surface area contributed by atoms with E-state index in [1.807, 2.05) is 0 Å². The summed E-state index contributed by atoms with van der Waals surface area (Å²) in [5, 5.41) is 2.63. The minimum absolute atomic E-state index is 0.0611. The van der Waals surface area contributed by atoms with E-state index in [1.54, 1.807) is 32.9 Å². The molecule has 0 unspecified atom stereocenters. The highest BCUT2D eigenvalue weighted by molar-refractivity contribution is 7.90. The predicted octanol–water partition coefficient (Wildman–Crippen LogP) is 2.27. The Labute approximate surface area is 209 Å². The maximum absolute atomic E-state index is 12.8. The standard InChI is InChI=1S/C22H28ClN5O6S/c1-22(2,3)34-21(30)28-9-14(11-35(5,31)32)33-18(10-28)13-6-16(27-19(23)7-13)15-8-17(20(29)24-4)26-12-25-15/h6-8,12,14,18H,9-11H2,1-5H3,(H,24,29)/t14-,18-/m0/s1. The fourth-order valence-electron chi connectivity index (χ4n) is 3.51. The third-order valence-electron chi connectivity index (χ3n) is 4.88. The SMILES string of the molecule is CNC(=O)c1cc(-c2cc([C@@H]3CN(C(=O)OC(C)(C)C)C[C@@H](CS(C)(=O)=O)O3)cc(Cl)n2)ncn1. The number of halogens is 1. The molecule has 1 aliphatic rings. The summed E-state index contributed by atoms with van der Waals surface area (Å²) in [5.74, 6) is -0.654. The molecule has 0 bridgehead atoms. The number of sulfone groups is 1. The molecule has 1 fully saturated rings. The number of rotatable bonds is 5. The van der Waals surface area contributed by atoms with Crippen molar-refractivity contribution >= 4 is 33.4 Å². The molecule has 2 amide bonds. The second-order valence-electron chi connectivity index (χ2n) is 9.20. The zero-order valence-corrected chi connectivity index (χ0v) is 21.7. The number of nitrogens with zero attached hydrogens (tertiary/aromatic N) is 4. The quantitative estimate of drug-likeness (QED) is 0.582. The molecule has 1 N–H and O–H groups in total. The second kappa shape index (κ2) is 10.4. The van der Waals surface area contributed by atoms with Crippen LogP contribution in [-0.2, 0) is 19.3 Å². The topological polar surface area (TPSA) is 141 Å². The molecule has 35 heavy (non-hydrogen) atoms. The minimum Gasteiger partial charge on any atom is -0.444 e. The van der Waals surface area contributed by atoms with Gasteiger partial charge in [0.2, 0.25) is 0 Å². The molecule has 2 aromatic heterocycles. The number of carbonyl (C=O) groups is 2. The molecular weight excluding hydrogens is 498 g/mol. The minimum atomic E-state index is -3.39. The van der Waals surface area contributed by atoms with Gasteiger partial charge in [-0.05, 0) is 44.5 Å². The van der Waals surface area contributed by atoms with E-state index in [-0.39, 0.29) is 35.6 Å². The molecule has 0 aliphatic carbocycles. The van der Waals surface area contributed by atoms with Crippen LogP contribution in [0, 0.1) is 0 Å². The van der Waals surface area contributed by atoms with E-state index in [0.29, 0.717) is 17.0 Å². The third kappa shape index (κ3) is 7.58. The van der Waals surface area contributed by atoms with Crippen molar-refractivity contribution in [3.05, 3.63) is 40.9 Å². The number of nitrogens with one attached hydrogen (secondary N) is 1. The van der Waals surface area contributed by atoms with Crippen LogP contribution in [0.2, 0.25) is 5.15 Å². The van der Waals surface area contributed by atoms with Gasteiger partial charge in [-0.1, -0.05) is 11.6 Å². The number of aromatic nitrogens is 3. The van der Waals surface area contributed by atoms with Crippen LogP contribution < -0.4 is 5.32 Å². The van der Waals surface area contributed by atoms with E-state index >= 15 is 0 Å². The highest BCUT2D eigenvalue weighted by Crippen LogP contribution is 2.31. The summed E-state index contributed by atoms with van der Waals surface area (Å²) in [5.41, 5.74) is 0.707. The van der Waals surface area contributed by atoms with Crippen LogP contribution in [0.25, 0.3) is 11.4 Å². The molecular formula is C22H28ClN5O6S. The zero-order chi connectivity index (χ0) is 26.0. The highest BCUT2D eigenvalue weighted by atomic mass is 35.5. The lowest BCUT2D eigenvalue weighted by atomic mass is 10.1. The van der Waals surface area contributed by atoms with Crippen molar-refractivity contribution < 1.29 is 27.5 Å². The van der Waals surface area contributed by atoms with Crippen LogP contribution in [0.4, 0.5) is 4.79 Å². The van der Waals surface area contributed by atoms with Crippen LogP contribution in [0.15, 0.2) is 24.5 Å². The largest absolute Gasteiger partial charge is 0.444 e. The van der Waals surface area contributed by atoms with E-state index in [4.69, 9.17) is 21.1 Å². The Kier molecular flexibility index (Phi) is 7.97. The van der Waals surface area contributed by atoms with Crippen LogP contribution in [0.3, 0.4) is 0 Å². The second-order valence-corrected chi connectivity index (χ2v) is 11.8. The summed E-state index contributed by atoms with van der Waals surface area (Å²) in [6.07, 6.45) is 0.299. The van der Waals surface area contributed by atoms with E-state index in [1.165, 1.54) is 24.3 Å². The van der Waals surface area contributed by atoms with Crippen molar-refractivity contribution in [1.82, 2.24) is 25.2 Å². The van der Waals surface area contributed by atoms with Crippen molar-refractivity contribution in [1.29, 1.82) is 0 Å². The van der Waals surface area contributed by atoms with Gasteiger partial charge in [0, 0.05) is 13.3 Å². The summed E-state index contributed by atoms with van der Waals surface area (Å²) in [6.45, 7) is 5.43. The fourth-order valence-corrected chi connectivity index (χ4v) is 4.59. The maximum Gasteiger partial charge on any atom is 0.410 e. The third-order valence-corrected chi connectivity index (χ3v) is 6.06. The Hall–Kier alpha value is -2.83. The Bertz CT molecular complexity index is 1220. The first-order valence-electron chi connectivity index (χ1n) is 10.8. The summed E-state index contributed by atoms with van der Waals surface area (Å²) < 4.78 is 35.5. The number of hydrogen-bond acceptors (Lipinski definition) is 9. The Morgan fingerprint density at radius 1 is 1.20 bits per heavy atom. The van der Waals surface area contributed by atoms with Gasteiger partial charge in [0.15, 0.2) is 0 Å². The Morgan fingerprint density at radius 2 is 1.91 bits per heavy atom. The number of pyridine rings is 1. The van der Waals surface area contributed by atoms with Gasteiger partial charge in [0.25, 0.3) is 5.91 Å². The van der Waals surface area contributed by atoms with Gasteiger partial charge in [0.05, 0.1) is 36.3 Å². The van der Waals surface area contributed by atoms with Crippen molar-refractivity contribution in [2.75, 3.05) is 32.1 Å². The lowest BCUT2D eigenvalue weighted by Crippen LogP contribution is -2.50. The molecule has 0 spiro atoms. The maximum atomic E-state index is 12.8. The summed E-state index contributed by atoms with van der Waals surface area (Å²) in [6, 6.07) is 4.72. The van der Waals surface area contributed by atoms with Gasteiger partial charge in [-0.15, -0.1) is 0 Å². The van der Waals surface area contributed by atoms with Crippen molar-refractivity contribution in [2.24, 2.45) is 0 Å². The smallest absolute Gasteiger partial charge is 0.410 e. The van der Waals surface area contributed by atoms with Crippen molar-refractivity contribution in [2.45, 2.75) is 38.6 Å². The van der Waals surface area contributed by atoms with E-state index in [0.717, 1.165) is 6.26 Å². The van der Waals surface area contributed by atoms with Gasteiger partial charge >= 0.3 is 6.09 Å². The monoisotopic (exact) mass is 525 g/mol. The fraction of sp³-hybridized carbons (Fsp3) is 0.500. The number of ether oxygens (including phenoxy) is 2. The predicted molar refractivity (Wildman–Crippen MR) is 129 cm³/mol. The molecule has 3 heterocycles. The molecule has 2 aromatic rings. The number of morpholine rings is 1. The van der Waals surface area contributed by atoms with Gasteiger partial charge < -0.3 is 19.7 Å². The molecule has 0 aromatic carbocycles. The van der Waals surface area contributed by atoms with E-state index in [2.05, 4.69) is 20.3 Å². The number of carbonyl (C=O) groups excluding carboxylic acids is 2. The molecule has 3 rings (SSSR count). The van der Waals surface area contributed by atoms with Crippen LogP contribution in [0.1, 0.15) is 42.9 Å². The van der Waals surface area contributed by atoms with Gasteiger partial charge in [-0.25, -0.2) is 28.2 Å². The molecule has 0 radical (unpaired) electrons. The van der Waals surface area contributed by atoms with E-state index in [9.17, 15) is 18.0 Å². The van der Waals surface area contributed by atoms with Crippen LogP contribution >= 0.6 is 11.6 Å². The molecule has 13 heteroatoms. The van der Waals surface area contributed by atoms with Crippen LogP contribution in [0.5, 0.6) is 0 Å². The normalized spacial score (nSPS) is 18.7. The molecule has 1 saturated heterocycles. The Balaban J connectivity index is 1.96. The molecule has 11 nitrogen and oxygen atoms in total. The van der Waals surface area contributed by atoms with Gasteiger partial charge in [-0.2, -0.15) is 0 Å². The van der Waals surface area contributed by atoms with E-state index < -0.39 is 33.7 Å². The first-order chi connectivity index (χ1) is 16.2. The zero-order valence-electron chi connectivity index (χ0n) is 20.1. The average Bonchev–Trinajstić information content (AvgIpc) is 2.75. The first kappa shape index (κ1) is 26.8. The van der Waals surface area contributed by atoms with Crippen molar-refractivity contribution in [3.63, 3.8) is 0 Å².